The first-order valence-corrected chi connectivity index (χ1v) is 5.89. The molecule has 0 amide bonds. The van der Waals surface area contributed by atoms with Gasteiger partial charge in [-0.2, -0.15) is 0 Å². The number of allylic oxidation sites excluding steroid dienone is 3. The van der Waals surface area contributed by atoms with Gasteiger partial charge in [0.25, 0.3) is 0 Å². The molecule has 1 aromatic heterocycles. The fourth-order valence-corrected chi connectivity index (χ4v) is 2.21. The second-order valence-corrected chi connectivity index (χ2v) is 4.83. The summed E-state index contributed by atoms with van der Waals surface area (Å²) in [6.45, 7) is 4.34. The molecule has 1 aromatic rings. The highest BCUT2D eigenvalue weighted by Crippen LogP contribution is 2.37. The van der Waals surface area contributed by atoms with Gasteiger partial charge in [-0.15, -0.1) is 11.8 Å². The first-order valence-electron chi connectivity index (χ1n) is 4.67. The zero-order chi connectivity index (χ0) is 10.2. The van der Waals surface area contributed by atoms with E-state index in [-0.39, 0.29) is 5.41 Å². The van der Waals surface area contributed by atoms with Crippen LogP contribution in [0.3, 0.4) is 0 Å². The van der Waals surface area contributed by atoms with Crippen LogP contribution in [0.4, 0.5) is 0 Å². The SMILES string of the molecule is CSc1coc2c1C=CC=CC2(C)C. The van der Waals surface area contributed by atoms with Crippen LogP contribution >= 0.6 is 11.8 Å². The Balaban J connectivity index is 2.60. The summed E-state index contributed by atoms with van der Waals surface area (Å²) >= 11 is 1.73. The first kappa shape index (κ1) is 9.66. The molecule has 1 aliphatic rings. The van der Waals surface area contributed by atoms with Crippen molar-refractivity contribution in [1.82, 2.24) is 0 Å². The van der Waals surface area contributed by atoms with Crippen molar-refractivity contribution < 1.29 is 4.42 Å². The minimum atomic E-state index is -0.00713. The van der Waals surface area contributed by atoms with Crippen LogP contribution in [0.2, 0.25) is 0 Å². The topological polar surface area (TPSA) is 13.1 Å². The largest absolute Gasteiger partial charge is 0.467 e. The predicted octanol–water partition coefficient (Wildman–Crippen LogP) is 3.86. The molecule has 0 aliphatic heterocycles. The van der Waals surface area contributed by atoms with Crippen LogP contribution in [0, 0.1) is 0 Å². The lowest BCUT2D eigenvalue weighted by atomic mass is 9.88. The third-order valence-electron chi connectivity index (χ3n) is 2.49. The molecule has 0 fully saturated rings. The molecule has 0 spiro atoms. The van der Waals surface area contributed by atoms with E-state index in [1.807, 2.05) is 6.26 Å². The number of fused-ring (bicyclic) bond motifs is 1. The molecule has 0 aromatic carbocycles. The molecular formula is C12H14OS. The Hall–Kier alpha value is -0.890. The standard InChI is InChI=1S/C12H14OS/c1-12(2)7-5-4-6-9-10(14-3)8-13-11(9)12/h4-8H,1-3H3. The van der Waals surface area contributed by atoms with Gasteiger partial charge in [-0.3, -0.25) is 0 Å². The molecule has 0 unspecified atom stereocenters. The van der Waals surface area contributed by atoms with E-state index in [0.717, 1.165) is 5.76 Å². The Morgan fingerprint density at radius 2 is 2.07 bits per heavy atom. The summed E-state index contributed by atoms with van der Waals surface area (Å²) < 4.78 is 5.65. The van der Waals surface area contributed by atoms with Crippen LogP contribution in [-0.2, 0) is 5.41 Å². The Kier molecular flexibility index (Phi) is 2.31. The molecule has 1 aliphatic carbocycles. The van der Waals surface area contributed by atoms with E-state index in [1.165, 1.54) is 10.5 Å². The van der Waals surface area contributed by atoms with Crippen molar-refractivity contribution in [2.24, 2.45) is 0 Å². The maximum Gasteiger partial charge on any atom is 0.121 e. The molecule has 0 bridgehead atoms. The normalized spacial score (nSPS) is 17.9. The second kappa shape index (κ2) is 3.35. The van der Waals surface area contributed by atoms with Gasteiger partial charge in [-0.25, -0.2) is 0 Å². The van der Waals surface area contributed by atoms with Crippen LogP contribution in [0.25, 0.3) is 6.08 Å². The van der Waals surface area contributed by atoms with E-state index >= 15 is 0 Å². The van der Waals surface area contributed by atoms with Crippen molar-refractivity contribution in [2.45, 2.75) is 24.2 Å². The van der Waals surface area contributed by atoms with Crippen molar-refractivity contribution in [1.29, 1.82) is 0 Å². The van der Waals surface area contributed by atoms with Gasteiger partial charge in [0, 0.05) is 11.0 Å². The Labute approximate surface area is 88.9 Å². The van der Waals surface area contributed by atoms with E-state index in [0.29, 0.717) is 0 Å². The van der Waals surface area contributed by atoms with Crippen molar-refractivity contribution in [3.05, 3.63) is 35.8 Å². The monoisotopic (exact) mass is 206 g/mol. The van der Waals surface area contributed by atoms with E-state index in [4.69, 9.17) is 4.42 Å². The summed E-state index contributed by atoms with van der Waals surface area (Å²) in [6, 6.07) is 0. The highest BCUT2D eigenvalue weighted by atomic mass is 32.2. The van der Waals surface area contributed by atoms with E-state index < -0.39 is 0 Å². The Bertz CT molecular complexity index is 396. The smallest absolute Gasteiger partial charge is 0.121 e. The van der Waals surface area contributed by atoms with Crippen molar-refractivity contribution in [3.8, 4) is 0 Å². The molecule has 0 radical (unpaired) electrons. The van der Waals surface area contributed by atoms with Crippen molar-refractivity contribution >= 4 is 17.8 Å². The molecular weight excluding hydrogens is 192 g/mol. The lowest BCUT2D eigenvalue weighted by molar-refractivity contribution is 0.436. The van der Waals surface area contributed by atoms with Gasteiger partial charge >= 0.3 is 0 Å². The lowest BCUT2D eigenvalue weighted by Crippen LogP contribution is -2.12. The van der Waals surface area contributed by atoms with Gasteiger partial charge in [0.1, 0.15) is 12.0 Å². The third-order valence-corrected chi connectivity index (χ3v) is 3.24. The first-order chi connectivity index (χ1) is 6.65. The van der Waals surface area contributed by atoms with E-state index in [2.05, 4.69) is 44.4 Å². The average Bonchev–Trinajstić information content (AvgIpc) is 2.50. The quantitative estimate of drug-likeness (QED) is 0.647. The van der Waals surface area contributed by atoms with Gasteiger partial charge in [-0.05, 0) is 20.1 Å². The van der Waals surface area contributed by atoms with Crippen LogP contribution in [0.1, 0.15) is 25.2 Å². The second-order valence-electron chi connectivity index (χ2n) is 3.99. The maximum atomic E-state index is 5.65. The number of thioether (sulfide) groups is 1. The highest BCUT2D eigenvalue weighted by molar-refractivity contribution is 7.98. The molecule has 2 heteroatoms. The summed E-state index contributed by atoms with van der Waals surface area (Å²) in [5.74, 6) is 1.06. The van der Waals surface area contributed by atoms with Gasteiger partial charge in [-0.1, -0.05) is 24.3 Å². The zero-order valence-corrected chi connectivity index (χ0v) is 9.52. The van der Waals surface area contributed by atoms with Crippen LogP contribution < -0.4 is 0 Å². The maximum absolute atomic E-state index is 5.65. The molecule has 0 N–H and O–H groups in total. The Morgan fingerprint density at radius 3 is 2.79 bits per heavy atom. The van der Waals surface area contributed by atoms with Crippen molar-refractivity contribution in [2.75, 3.05) is 6.26 Å². The third kappa shape index (κ3) is 1.44. The summed E-state index contributed by atoms with van der Waals surface area (Å²) in [6.07, 6.45) is 12.4. The fraction of sp³-hybridized carbons (Fsp3) is 0.333. The number of furan rings is 1. The molecule has 74 valence electrons. The minimum Gasteiger partial charge on any atom is -0.467 e. The lowest BCUT2D eigenvalue weighted by Gasteiger charge is -2.17. The molecule has 1 heterocycles. The predicted molar refractivity (Wildman–Crippen MR) is 61.7 cm³/mol. The molecule has 1 nitrogen and oxygen atoms in total. The molecule has 0 saturated heterocycles. The summed E-state index contributed by atoms with van der Waals surface area (Å²) in [4.78, 5) is 1.22. The zero-order valence-electron chi connectivity index (χ0n) is 8.70. The summed E-state index contributed by atoms with van der Waals surface area (Å²) in [5.41, 5.74) is 1.22. The fourth-order valence-electron chi connectivity index (χ4n) is 1.69. The van der Waals surface area contributed by atoms with Crippen LogP contribution in [0.15, 0.2) is 33.8 Å². The molecule has 0 atom stereocenters. The van der Waals surface area contributed by atoms with Crippen LogP contribution in [-0.4, -0.2) is 6.26 Å². The number of hydrogen-bond acceptors (Lipinski definition) is 2. The number of rotatable bonds is 1. The summed E-state index contributed by atoms with van der Waals surface area (Å²) in [7, 11) is 0. The molecule has 0 saturated carbocycles. The minimum absolute atomic E-state index is 0.00713. The summed E-state index contributed by atoms with van der Waals surface area (Å²) in [5, 5.41) is 0. The van der Waals surface area contributed by atoms with Gasteiger partial charge in [0.15, 0.2) is 0 Å². The average molecular weight is 206 g/mol. The van der Waals surface area contributed by atoms with Gasteiger partial charge in [0.05, 0.1) is 4.90 Å². The van der Waals surface area contributed by atoms with Gasteiger partial charge < -0.3 is 4.42 Å². The molecule has 14 heavy (non-hydrogen) atoms. The number of hydrogen-bond donors (Lipinski definition) is 0. The van der Waals surface area contributed by atoms with Crippen molar-refractivity contribution in [3.63, 3.8) is 0 Å². The molecule has 2 rings (SSSR count). The van der Waals surface area contributed by atoms with Gasteiger partial charge in [0.2, 0.25) is 0 Å². The highest BCUT2D eigenvalue weighted by Gasteiger charge is 2.26. The van der Waals surface area contributed by atoms with E-state index in [9.17, 15) is 0 Å². The van der Waals surface area contributed by atoms with Crippen LogP contribution in [0.5, 0.6) is 0 Å². The Morgan fingerprint density at radius 1 is 1.29 bits per heavy atom. The van der Waals surface area contributed by atoms with E-state index in [1.54, 1.807) is 11.8 Å².